The number of carbonyl (C=O) groups is 2. The Bertz CT molecular complexity index is 1310. The van der Waals surface area contributed by atoms with Crippen molar-refractivity contribution in [3.05, 3.63) is 47.3 Å². The quantitative estimate of drug-likeness (QED) is 0.565. The molecule has 1 fully saturated rings. The number of aromatic nitrogens is 2. The van der Waals surface area contributed by atoms with Gasteiger partial charge in [-0.2, -0.15) is 0 Å². The highest BCUT2D eigenvalue weighted by Gasteiger charge is 2.38. The van der Waals surface area contributed by atoms with Gasteiger partial charge < -0.3 is 38.9 Å². The molecule has 182 valence electrons. The fraction of sp³-hybridized carbons (Fsp3) is 0.360. The summed E-state index contributed by atoms with van der Waals surface area (Å²) < 4.78 is 16.6. The molecule has 3 aromatic rings. The fourth-order valence-corrected chi connectivity index (χ4v) is 4.99. The molecule has 0 radical (unpaired) electrons. The van der Waals surface area contributed by atoms with Crippen LogP contribution in [0.1, 0.15) is 39.4 Å². The van der Waals surface area contributed by atoms with E-state index in [1.807, 2.05) is 34.1 Å². The Morgan fingerprint density at radius 1 is 1.06 bits per heavy atom. The molecule has 0 saturated carbocycles. The zero-order valence-corrected chi connectivity index (χ0v) is 19.7. The van der Waals surface area contributed by atoms with E-state index in [1.54, 1.807) is 25.2 Å². The molecule has 2 amide bonds. The number of amides is 2. The summed E-state index contributed by atoms with van der Waals surface area (Å²) in [6.45, 7) is 3.03. The lowest BCUT2D eigenvalue weighted by atomic mass is 10.1. The number of nitrogens with one attached hydrogen (secondary N) is 2. The van der Waals surface area contributed by atoms with Crippen LogP contribution in [0.3, 0.4) is 0 Å². The number of hydrogen-bond donors (Lipinski definition) is 2. The van der Waals surface area contributed by atoms with Crippen molar-refractivity contribution in [1.82, 2.24) is 14.9 Å². The number of methoxy groups -OCH3 is 2. The van der Waals surface area contributed by atoms with Gasteiger partial charge in [0.25, 0.3) is 11.8 Å². The summed E-state index contributed by atoms with van der Waals surface area (Å²) in [6, 6.07) is 9.31. The maximum Gasteiger partial charge on any atom is 0.277 e. The van der Waals surface area contributed by atoms with E-state index in [2.05, 4.69) is 9.97 Å². The number of rotatable bonds is 6. The van der Waals surface area contributed by atoms with Gasteiger partial charge in [0, 0.05) is 36.9 Å². The number of aromatic amines is 2. The Balaban J connectivity index is 1.25. The number of H-pyrrole nitrogens is 2. The highest BCUT2D eigenvalue weighted by molar-refractivity contribution is 6.19. The molecule has 0 atom stereocenters. The van der Waals surface area contributed by atoms with Crippen LogP contribution in [0.4, 0.5) is 17.3 Å². The number of likely N-dealkylation sites (tertiary alicyclic amines) is 1. The topological polar surface area (TPSA) is 103 Å². The van der Waals surface area contributed by atoms with Crippen LogP contribution in [0.2, 0.25) is 0 Å². The molecule has 1 aromatic carbocycles. The van der Waals surface area contributed by atoms with Crippen molar-refractivity contribution < 1.29 is 23.8 Å². The van der Waals surface area contributed by atoms with E-state index in [0.29, 0.717) is 48.3 Å². The number of fused-ring (bicyclic) bond motifs is 2. The molecule has 2 aromatic heterocycles. The van der Waals surface area contributed by atoms with Crippen LogP contribution in [-0.2, 0) is 6.54 Å². The highest BCUT2D eigenvalue weighted by atomic mass is 16.5. The lowest BCUT2D eigenvalue weighted by molar-refractivity contribution is 0.0787. The van der Waals surface area contributed by atoms with E-state index in [9.17, 15) is 9.59 Å². The molecule has 0 spiro atoms. The first-order valence-corrected chi connectivity index (χ1v) is 11.8. The lowest BCUT2D eigenvalue weighted by Crippen LogP contribution is -2.39. The van der Waals surface area contributed by atoms with Crippen LogP contribution in [-0.4, -0.2) is 67.1 Å². The third kappa shape index (κ3) is 3.48. The Kier molecular flexibility index (Phi) is 5.09. The molecule has 10 heteroatoms. The first kappa shape index (κ1) is 21.5. The van der Waals surface area contributed by atoms with Crippen LogP contribution in [0, 0.1) is 0 Å². The van der Waals surface area contributed by atoms with Gasteiger partial charge in [0.15, 0.2) is 11.6 Å². The van der Waals surface area contributed by atoms with Gasteiger partial charge >= 0.3 is 0 Å². The van der Waals surface area contributed by atoms with Crippen molar-refractivity contribution in [3.63, 3.8) is 0 Å². The van der Waals surface area contributed by atoms with Crippen LogP contribution >= 0.6 is 0 Å². The molecule has 10 nitrogen and oxygen atoms in total. The number of nitrogens with zero attached hydrogens (tertiary/aromatic N) is 3. The van der Waals surface area contributed by atoms with Gasteiger partial charge in [0.2, 0.25) is 0 Å². The first-order chi connectivity index (χ1) is 17.1. The Morgan fingerprint density at radius 3 is 2.66 bits per heavy atom. The van der Waals surface area contributed by atoms with Crippen molar-refractivity contribution in [3.8, 4) is 17.2 Å². The summed E-state index contributed by atoms with van der Waals surface area (Å²) in [5.41, 5.74) is 2.81. The Labute approximate surface area is 202 Å². The van der Waals surface area contributed by atoms with Crippen molar-refractivity contribution in [2.45, 2.75) is 19.4 Å². The van der Waals surface area contributed by atoms with Crippen molar-refractivity contribution in [1.29, 1.82) is 0 Å². The second-order valence-corrected chi connectivity index (χ2v) is 8.88. The van der Waals surface area contributed by atoms with Crippen molar-refractivity contribution in [2.75, 3.05) is 50.3 Å². The molecule has 3 aliphatic rings. The van der Waals surface area contributed by atoms with Gasteiger partial charge in [-0.15, -0.1) is 0 Å². The minimum absolute atomic E-state index is 0.00702. The molecule has 0 unspecified atom stereocenters. The standard InChI is InChI=1S/C25H27N5O5/c1-33-16-6-5-15(19(11-16)34-2)14-30-18-13-21(27-22(18)25(30)32)29-9-10-35-20-12-17(26-23(20)29)24(31)28-7-3-4-8-28/h5-6,11-13,26-27H,3-4,7-10,14H2,1-2H3. The van der Waals surface area contributed by atoms with Crippen LogP contribution < -0.4 is 24.0 Å². The Hall–Kier alpha value is -4.08. The van der Waals surface area contributed by atoms with Crippen molar-refractivity contribution >= 4 is 29.1 Å². The summed E-state index contributed by atoms with van der Waals surface area (Å²) in [5, 5.41) is 0. The molecular weight excluding hydrogens is 450 g/mol. The van der Waals surface area contributed by atoms with Crippen LogP contribution in [0.15, 0.2) is 30.3 Å². The molecule has 35 heavy (non-hydrogen) atoms. The minimum atomic E-state index is -0.0750. The number of carbonyl (C=O) groups excluding carboxylic acids is 2. The number of hydrogen-bond acceptors (Lipinski definition) is 6. The minimum Gasteiger partial charge on any atom is -0.497 e. The van der Waals surface area contributed by atoms with E-state index in [1.165, 1.54) is 0 Å². The SMILES string of the molecule is COc1ccc(CN2C(=O)c3[nH]c(N4CCOc5cc(C(=O)N6CCCC6)[nH]c54)cc32)c(OC)c1. The van der Waals surface area contributed by atoms with E-state index < -0.39 is 0 Å². The van der Waals surface area contributed by atoms with Gasteiger partial charge in [-0.1, -0.05) is 0 Å². The summed E-state index contributed by atoms with van der Waals surface area (Å²) in [6.07, 6.45) is 2.07. The normalized spacial score (nSPS) is 16.5. The monoisotopic (exact) mass is 477 g/mol. The molecule has 0 aliphatic carbocycles. The average Bonchev–Trinajstić information content (AvgIpc) is 3.65. The molecule has 0 bridgehead atoms. The molecule has 1 saturated heterocycles. The van der Waals surface area contributed by atoms with Gasteiger partial charge in [0.05, 0.1) is 33.0 Å². The van der Waals surface area contributed by atoms with Crippen LogP contribution in [0.5, 0.6) is 17.2 Å². The van der Waals surface area contributed by atoms with Gasteiger partial charge in [0.1, 0.15) is 35.3 Å². The molecule has 3 aliphatic heterocycles. The fourth-order valence-electron chi connectivity index (χ4n) is 4.99. The summed E-state index contributed by atoms with van der Waals surface area (Å²) >= 11 is 0. The predicted octanol–water partition coefficient (Wildman–Crippen LogP) is 3.29. The largest absolute Gasteiger partial charge is 0.497 e. The first-order valence-electron chi connectivity index (χ1n) is 11.8. The smallest absolute Gasteiger partial charge is 0.277 e. The maximum atomic E-state index is 12.9. The molecule has 2 N–H and O–H groups in total. The second-order valence-electron chi connectivity index (χ2n) is 8.88. The number of ether oxygens (including phenoxy) is 3. The highest BCUT2D eigenvalue weighted by Crippen LogP contribution is 2.43. The summed E-state index contributed by atoms with van der Waals surface area (Å²) in [4.78, 5) is 37.9. The zero-order chi connectivity index (χ0) is 24.1. The van der Waals surface area contributed by atoms with E-state index in [4.69, 9.17) is 14.2 Å². The second kappa shape index (κ2) is 8.30. The molecule has 6 rings (SSSR count). The van der Waals surface area contributed by atoms with E-state index in [0.717, 1.165) is 48.8 Å². The summed E-state index contributed by atoms with van der Waals surface area (Å²) in [5.74, 6) is 3.42. The third-order valence-corrected chi connectivity index (χ3v) is 6.87. The maximum absolute atomic E-state index is 12.9. The predicted molar refractivity (Wildman–Crippen MR) is 129 cm³/mol. The Morgan fingerprint density at radius 2 is 1.89 bits per heavy atom. The lowest BCUT2D eigenvalue weighted by Gasteiger charge is -2.30. The molecular formula is C25H27N5O5. The van der Waals surface area contributed by atoms with Crippen molar-refractivity contribution in [2.24, 2.45) is 0 Å². The van der Waals surface area contributed by atoms with E-state index in [-0.39, 0.29) is 11.8 Å². The van der Waals surface area contributed by atoms with Gasteiger partial charge in [-0.3, -0.25) is 9.59 Å². The number of anilines is 3. The third-order valence-electron chi connectivity index (χ3n) is 6.87. The zero-order valence-electron chi connectivity index (χ0n) is 19.7. The van der Waals surface area contributed by atoms with E-state index >= 15 is 0 Å². The number of benzene rings is 1. The average molecular weight is 478 g/mol. The van der Waals surface area contributed by atoms with Gasteiger partial charge in [-0.25, -0.2) is 0 Å². The van der Waals surface area contributed by atoms with Crippen LogP contribution in [0.25, 0.3) is 0 Å². The van der Waals surface area contributed by atoms with Gasteiger partial charge in [-0.05, 0) is 25.0 Å². The summed E-state index contributed by atoms with van der Waals surface area (Å²) in [7, 11) is 3.21. The molecule has 5 heterocycles.